The summed E-state index contributed by atoms with van der Waals surface area (Å²) in [5.41, 5.74) is 4.57. The zero-order chi connectivity index (χ0) is 24.5. The number of fused-ring (bicyclic) bond motifs is 1. The van der Waals surface area contributed by atoms with Gasteiger partial charge in [0.2, 0.25) is 0 Å². The zero-order valence-electron chi connectivity index (χ0n) is 18.7. The molecule has 1 atom stereocenters. The number of aliphatic hydroxyl groups is 2. The number of pyridine rings is 2. The third-order valence-corrected chi connectivity index (χ3v) is 6.66. The number of anilines is 3. The van der Waals surface area contributed by atoms with Crippen LogP contribution in [0.1, 0.15) is 24.5 Å². The summed E-state index contributed by atoms with van der Waals surface area (Å²) in [6, 6.07) is 12.8. The number of halogens is 2. The minimum Gasteiger partial charge on any atom is -0.505 e. The molecule has 5 rings (SSSR count). The number of nitrogens with one attached hydrogen (secondary N) is 2. The first-order chi connectivity index (χ1) is 16.9. The van der Waals surface area contributed by atoms with Gasteiger partial charge in [0.15, 0.2) is 5.75 Å². The Hall–Kier alpha value is -3.10. The van der Waals surface area contributed by atoms with E-state index in [1.165, 1.54) is 0 Å². The number of benzene rings is 2. The number of aliphatic hydroxyl groups excluding tert-OH is 2. The van der Waals surface area contributed by atoms with Gasteiger partial charge in [-0.05, 0) is 66.3 Å². The van der Waals surface area contributed by atoms with Crippen LogP contribution in [0.2, 0.25) is 10.0 Å². The van der Waals surface area contributed by atoms with E-state index in [0.717, 1.165) is 51.8 Å². The van der Waals surface area contributed by atoms with Gasteiger partial charge in [0.05, 0.1) is 45.8 Å². The first kappa shape index (κ1) is 23.6. The van der Waals surface area contributed by atoms with Crippen molar-refractivity contribution in [1.29, 1.82) is 0 Å². The van der Waals surface area contributed by atoms with Crippen molar-refractivity contribution in [2.45, 2.75) is 18.9 Å². The molecule has 0 radical (unpaired) electrons. The van der Waals surface area contributed by atoms with E-state index in [0.29, 0.717) is 12.4 Å². The van der Waals surface area contributed by atoms with Gasteiger partial charge in [-0.1, -0.05) is 29.3 Å². The van der Waals surface area contributed by atoms with Crippen molar-refractivity contribution in [3.8, 4) is 16.9 Å². The molecule has 2 aromatic carbocycles. The predicted octanol–water partition coefficient (Wildman–Crippen LogP) is 5.90. The van der Waals surface area contributed by atoms with Crippen LogP contribution >= 0.6 is 23.2 Å². The Labute approximate surface area is 212 Å². The van der Waals surface area contributed by atoms with E-state index in [4.69, 9.17) is 28.3 Å². The molecule has 35 heavy (non-hydrogen) atoms. The number of aromatic nitrogens is 2. The van der Waals surface area contributed by atoms with Crippen LogP contribution in [0, 0.1) is 5.92 Å². The molecule has 0 saturated heterocycles. The van der Waals surface area contributed by atoms with Crippen LogP contribution in [-0.2, 0) is 0 Å². The molecule has 1 aliphatic rings. The SMILES string of the molecule is OCCNc1ccc(Nc2c(C(O)C3CC3)cnc3ccc(-c4cc(Cl)c(O)c(Cl)c4)cc23)cn1. The molecule has 0 aliphatic heterocycles. The molecule has 1 unspecified atom stereocenters. The number of phenolic OH excluding ortho intramolecular Hbond substituents is 1. The summed E-state index contributed by atoms with van der Waals surface area (Å²) in [6.45, 7) is 0.438. The van der Waals surface area contributed by atoms with Gasteiger partial charge in [-0.3, -0.25) is 4.98 Å². The van der Waals surface area contributed by atoms with Gasteiger partial charge < -0.3 is 26.0 Å². The maximum absolute atomic E-state index is 11.0. The second-order valence-electron chi connectivity index (χ2n) is 8.60. The molecule has 9 heteroatoms. The van der Waals surface area contributed by atoms with E-state index < -0.39 is 6.10 Å². The Morgan fingerprint density at radius 3 is 2.40 bits per heavy atom. The summed E-state index contributed by atoms with van der Waals surface area (Å²) >= 11 is 12.3. The molecule has 180 valence electrons. The lowest BCUT2D eigenvalue weighted by atomic mass is 9.98. The summed E-state index contributed by atoms with van der Waals surface area (Å²) in [6.07, 6.45) is 4.76. The van der Waals surface area contributed by atoms with Gasteiger partial charge in [0.25, 0.3) is 0 Å². The van der Waals surface area contributed by atoms with E-state index in [-0.39, 0.29) is 28.3 Å². The molecule has 0 bridgehead atoms. The Bertz CT molecular complexity index is 1350. The minimum absolute atomic E-state index is 0.0207. The average molecular weight is 511 g/mol. The topological polar surface area (TPSA) is 111 Å². The lowest BCUT2D eigenvalue weighted by molar-refractivity contribution is 0.154. The van der Waals surface area contributed by atoms with Crippen LogP contribution in [0.5, 0.6) is 5.75 Å². The van der Waals surface area contributed by atoms with Crippen molar-refractivity contribution in [2.75, 3.05) is 23.8 Å². The maximum atomic E-state index is 11.0. The highest BCUT2D eigenvalue weighted by molar-refractivity contribution is 6.37. The summed E-state index contributed by atoms with van der Waals surface area (Å²) in [4.78, 5) is 9.00. The van der Waals surface area contributed by atoms with Crippen LogP contribution < -0.4 is 10.6 Å². The predicted molar refractivity (Wildman–Crippen MR) is 140 cm³/mol. The standard InChI is InChI=1S/C26H24Cl2N4O3/c27-20-10-16(11-21(28)26(20)35)15-3-5-22-18(9-15)24(19(13-30-22)25(34)14-1-2-14)32-17-4-6-23(31-12-17)29-7-8-33/h3-6,9-14,25,33-35H,1-2,7-8H2,(H,29,31)(H,30,32). The lowest BCUT2D eigenvalue weighted by Crippen LogP contribution is -2.08. The maximum Gasteiger partial charge on any atom is 0.152 e. The number of rotatable bonds is 8. The Balaban J connectivity index is 1.60. The van der Waals surface area contributed by atoms with Crippen molar-refractivity contribution in [3.63, 3.8) is 0 Å². The van der Waals surface area contributed by atoms with Crippen molar-refractivity contribution < 1.29 is 15.3 Å². The van der Waals surface area contributed by atoms with Crippen LogP contribution in [0.3, 0.4) is 0 Å². The molecule has 1 fully saturated rings. The first-order valence-corrected chi connectivity index (χ1v) is 12.1. The number of hydrogen-bond donors (Lipinski definition) is 5. The Kier molecular flexibility index (Phi) is 6.67. The highest BCUT2D eigenvalue weighted by atomic mass is 35.5. The molecule has 5 N–H and O–H groups in total. The second kappa shape index (κ2) is 9.87. The van der Waals surface area contributed by atoms with Crippen molar-refractivity contribution >= 4 is 51.3 Å². The number of nitrogens with zero attached hydrogens (tertiary/aromatic N) is 2. The molecule has 0 spiro atoms. The highest BCUT2D eigenvalue weighted by Gasteiger charge is 2.33. The summed E-state index contributed by atoms with van der Waals surface area (Å²) < 4.78 is 0. The Morgan fingerprint density at radius 2 is 1.74 bits per heavy atom. The molecule has 7 nitrogen and oxygen atoms in total. The monoisotopic (exact) mass is 510 g/mol. The second-order valence-corrected chi connectivity index (χ2v) is 9.41. The molecule has 4 aromatic rings. The Morgan fingerprint density at radius 1 is 0.971 bits per heavy atom. The van der Waals surface area contributed by atoms with E-state index >= 15 is 0 Å². The fourth-order valence-corrected chi connectivity index (χ4v) is 4.54. The molecule has 0 amide bonds. The quantitative estimate of drug-likeness (QED) is 0.200. The van der Waals surface area contributed by atoms with Gasteiger partial charge in [0, 0.05) is 23.7 Å². The smallest absolute Gasteiger partial charge is 0.152 e. The van der Waals surface area contributed by atoms with E-state index in [1.807, 2.05) is 30.3 Å². The van der Waals surface area contributed by atoms with Crippen LogP contribution in [0.15, 0.2) is 54.9 Å². The molecular formula is C26H24Cl2N4O3. The fourth-order valence-electron chi connectivity index (χ4n) is 4.05. The molecule has 1 aliphatic carbocycles. The summed E-state index contributed by atoms with van der Waals surface area (Å²) in [7, 11) is 0. The van der Waals surface area contributed by atoms with Crippen LogP contribution in [-0.4, -0.2) is 38.4 Å². The first-order valence-electron chi connectivity index (χ1n) is 11.3. The molecule has 2 heterocycles. The van der Waals surface area contributed by atoms with Gasteiger partial charge >= 0.3 is 0 Å². The van der Waals surface area contributed by atoms with Gasteiger partial charge in [-0.25, -0.2) is 4.98 Å². The van der Waals surface area contributed by atoms with Crippen molar-refractivity contribution in [3.05, 3.63) is 70.5 Å². The average Bonchev–Trinajstić information content (AvgIpc) is 3.72. The molecule has 2 aromatic heterocycles. The van der Waals surface area contributed by atoms with Gasteiger partial charge in [-0.2, -0.15) is 0 Å². The third kappa shape index (κ3) is 4.99. The number of aromatic hydroxyl groups is 1. The van der Waals surface area contributed by atoms with E-state index in [9.17, 15) is 10.2 Å². The summed E-state index contributed by atoms with van der Waals surface area (Å²) in [5, 5.41) is 37.6. The number of hydrogen-bond acceptors (Lipinski definition) is 7. The minimum atomic E-state index is -0.630. The van der Waals surface area contributed by atoms with Gasteiger partial charge in [0.1, 0.15) is 5.82 Å². The number of phenols is 1. The molecule has 1 saturated carbocycles. The van der Waals surface area contributed by atoms with Gasteiger partial charge in [-0.15, -0.1) is 0 Å². The van der Waals surface area contributed by atoms with E-state index in [2.05, 4.69) is 20.6 Å². The van der Waals surface area contributed by atoms with Crippen LogP contribution in [0.4, 0.5) is 17.2 Å². The van der Waals surface area contributed by atoms with Crippen molar-refractivity contribution in [2.24, 2.45) is 5.92 Å². The molecular weight excluding hydrogens is 487 g/mol. The largest absolute Gasteiger partial charge is 0.505 e. The zero-order valence-corrected chi connectivity index (χ0v) is 20.2. The van der Waals surface area contributed by atoms with Crippen LogP contribution in [0.25, 0.3) is 22.0 Å². The fraction of sp³-hybridized carbons (Fsp3) is 0.231. The lowest BCUT2D eigenvalue weighted by Gasteiger charge is -2.19. The summed E-state index contributed by atoms with van der Waals surface area (Å²) in [5.74, 6) is 0.725. The van der Waals surface area contributed by atoms with E-state index in [1.54, 1.807) is 24.5 Å². The third-order valence-electron chi connectivity index (χ3n) is 6.09. The normalized spacial score (nSPS) is 14.2. The highest BCUT2D eigenvalue weighted by Crippen LogP contribution is 2.45. The van der Waals surface area contributed by atoms with Crippen molar-refractivity contribution in [1.82, 2.24) is 9.97 Å².